The first kappa shape index (κ1) is 19.9. The molecule has 0 radical (unpaired) electrons. The van der Waals surface area contributed by atoms with Crippen LogP contribution in [0.3, 0.4) is 0 Å². The number of hydrogen-bond acceptors (Lipinski definition) is 4. The lowest BCUT2D eigenvalue weighted by atomic mass is 9.94. The third kappa shape index (κ3) is 5.59. The number of benzene rings is 1. The van der Waals surface area contributed by atoms with Crippen LogP contribution in [0.4, 0.5) is 0 Å². The van der Waals surface area contributed by atoms with Crippen molar-refractivity contribution in [1.82, 2.24) is 0 Å². The molecule has 0 unspecified atom stereocenters. The Balaban J connectivity index is 1.16. The van der Waals surface area contributed by atoms with Crippen LogP contribution in [0.15, 0.2) is 42.2 Å². The van der Waals surface area contributed by atoms with E-state index in [2.05, 4.69) is 18.2 Å². The Morgan fingerprint density at radius 1 is 1.04 bits per heavy atom. The van der Waals surface area contributed by atoms with E-state index >= 15 is 0 Å². The summed E-state index contributed by atoms with van der Waals surface area (Å²) in [4.78, 5) is 0. The van der Waals surface area contributed by atoms with E-state index in [1.165, 1.54) is 31.2 Å². The van der Waals surface area contributed by atoms with Crippen molar-refractivity contribution in [2.24, 2.45) is 0 Å². The standard InChI is InChI=1S/C24H34O4/c1-3-9-20(10-4-1)17-25-18-22-13-7-11-21(27-22)12-8-14-23-19-26-24(28-23)15-5-2-6-16-24/h1,3-4,9-10,12,22-23H,2,5-8,11,13-19H2/b21-12-/t22-,23-/m0/s1. The topological polar surface area (TPSA) is 36.9 Å². The molecule has 0 amide bonds. The maximum atomic E-state index is 6.28. The van der Waals surface area contributed by atoms with E-state index in [0.29, 0.717) is 13.2 Å². The van der Waals surface area contributed by atoms with E-state index in [0.717, 1.165) is 50.9 Å². The molecular weight excluding hydrogens is 352 g/mol. The van der Waals surface area contributed by atoms with Crippen molar-refractivity contribution in [3.05, 3.63) is 47.7 Å². The molecule has 0 bridgehead atoms. The summed E-state index contributed by atoms with van der Waals surface area (Å²) >= 11 is 0. The van der Waals surface area contributed by atoms with Crippen LogP contribution in [-0.4, -0.2) is 31.2 Å². The number of rotatable bonds is 7. The van der Waals surface area contributed by atoms with Crippen molar-refractivity contribution >= 4 is 0 Å². The highest BCUT2D eigenvalue weighted by atomic mass is 16.7. The Bertz CT molecular complexity index is 621. The van der Waals surface area contributed by atoms with Crippen LogP contribution in [-0.2, 0) is 25.6 Å². The third-order valence-corrected chi connectivity index (χ3v) is 6.07. The number of hydrogen-bond donors (Lipinski definition) is 0. The monoisotopic (exact) mass is 386 g/mol. The molecule has 28 heavy (non-hydrogen) atoms. The van der Waals surface area contributed by atoms with Crippen LogP contribution in [0, 0.1) is 0 Å². The zero-order chi connectivity index (χ0) is 19.1. The molecule has 154 valence electrons. The van der Waals surface area contributed by atoms with E-state index < -0.39 is 0 Å². The van der Waals surface area contributed by atoms with Crippen LogP contribution in [0.25, 0.3) is 0 Å². The van der Waals surface area contributed by atoms with Gasteiger partial charge >= 0.3 is 0 Å². The average molecular weight is 387 g/mol. The summed E-state index contributed by atoms with van der Waals surface area (Å²) in [5, 5.41) is 0. The van der Waals surface area contributed by atoms with E-state index in [1.807, 2.05) is 18.2 Å². The fourth-order valence-corrected chi connectivity index (χ4v) is 4.53. The summed E-state index contributed by atoms with van der Waals surface area (Å²) in [7, 11) is 0. The molecule has 1 aromatic rings. The minimum Gasteiger partial charge on any atom is -0.493 e. The lowest BCUT2D eigenvalue weighted by Gasteiger charge is -2.31. The van der Waals surface area contributed by atoms with Crippen LogP contribution in [0.2, 0.25) is 0 Å². The van der Waals surface area contributed by atoms with Crippen LogP contribution < -0.4 is 0 Å². The predicted octanol–water partition coefficient (Wildman–Crippen LogP) is 5.51. The molecule has 2 aliphatic heterocycles. The summed E-state index contributed by atoms with van der Waals surface area (Å²) in [6, 6.07) is 10.3. The van der Waals surface area contributed by atoms with Crippen molar-refractivity contribution in [3.63, 3.8) is 0 Å². The molecule has 2 saturated heterocycles. The number of ether oxygens (including phenoxy) is 4. The molecule has 0 N–H and O–H groups in total. The van der Waals surface area contributed by atoms with Crippen molar-refractivity contribution < 1.29 is 18.9 Å². The van der Waals surface area contributed by atoms with Gasteiger partial charge in [-0.25, -0.2) is 0 Å². The molecule has 3 fully saturated rings. The van der Waals surface area contributed by atoms with Gasteiger partial charge in [-0.3, -0.25) is 0 Å². The molecule has 1 aliphatic carbocycles. The van der Waals surface area contributed by atoms with E-state index in [1.54, 1.807) is 0 Å². The van der Waals surface area contributed by atoms with Gasteiger partial charge < -0.3 is 18.9 Å². The molecule has 1 aromatic carbocycles. The van der Waals surface area contributed by atoms with Gasteiger partial charge in [0.25, 0.3) is 0 Å². The highest BCUT2D eigenvalue weighted by Crippen LogP contribution is 2.38. The molecule has 4 nitrogen and oxygen atoms in total. The van der Waals surface area contributed by atoms with Crippen LogP contribution in [0.1, 0.15) is 69.8 Å². The second-order valence-corrected chi connectivity index (χ2v) is 8.40. The lowest BCUT2D eigenvalue weighted by Crippen LogP contribution is -2.33. The molecule has 2 atom stereocenters. The zero-order valence-electron chi connectivity index (χ0n) is 16.9. The maximum Gasteiger partial charge on any atom is 0.168 e. The largest absolute Gasteiger partial charge is 0.493 e. The lowest BCUT2D eigenvalue weighted by molar-refractivity contribution is -0.187. The van der Waals surface area contributed by atoms with Gasteiger partial charge in [0.1, 0.15) is 6.10 Å². The first-order chi connectivity index (χ1) is 13.8. The number of allylic oxidation sites excluding steroid dienone is 2. The van der Waals surface area contributed by atoms with Gasteiger partial charge in [-0.1, -0.05) is 36.8 Å². The summed E-state index contributed by atoms with van der Waals surface area (Å²) in [6.45, 7) is 2.06. The van der Waals surface area contributed by atoms with Crippen molar-refractivity contribution in [1.29, 1.82) is 0 Å². The molecular formula is C24H34O4. The zero-order valence-corrected chi connectivity index (χ0v) is 16.9. The Hall–Kier alpha value is -1.36. The van der Waals surface area contributed by atoms with Crippen molar-refractivity contribution in [2.75, 3.05) is 13.2 Å². The van der Waals surface area contributed by atoms with Crippen LogP contribution >= 0.6 is 0 Å². The Morgan fingerprint density at radius 2 is 1.89 bits per heavy atom. The second-order valence-electron chi connectivity index (χ2n) is 8.40. The molecule has 3 aliphatic rings. The Morgan fingerprint density at radius 3 is 2.75 bits per heavy atom. The minimum absolute atomic E-state index is 0.181. The molecule has 4 heteroatoms. The molecule has 2 heterocycles. The Kier molecular flexibility index (Phi) is 7.05. The second kappa shape index (κ2) is 9.91. The van der Waals surface area contributed by atoms with Gasteiger partial charge in [0, 0.05) is 19.3 Å². The van der Waals surface area contributed by atoms with E-state index in [4.69, 9.17) is 18.9 Å². The average Bonchev–Trinajstić information content (AvgIpc) is 3.12. The van der Waals surface area contributed by atoms with E-state index in [-0.39, 0.29) is 18.0 Å². The first-order valence-corrected chi connectivity index (χ1v) is 11.1. The quantitative estimate of drug-likeness (QED) is 0.619. The van der Waals surface area contributed by atoms with Crippen molar-refractivity contribution in [3.8, 4) is 0 Å². The molecule has 0 aromatic heterocycles. The smallest absolute Gasteiger partial charge is 0.168 e. The van der Waals surface area contributed by atoms with Gasteiger partial charge in [-0.05, 0) is 50.2 Å². The summed E-state index contributed by atoms with van der Waals surface area (Å²) in [5.74, 6) is 0.879. The minimum atomic E-state index is -0.251. The van der Waals surface area contributed by atoms with Gasteiger partial charge in [-0.15, -0.1) is 0 Å². The third-order valence-electron chi connectivity index (χ3n) is 6.07. The van der Waals surface area contributed by atoms with Crippen molar-refractivity contribution in [2.45, 2.75) is 88.8 Å². The predicted molar refractivity (Wildman–Crippen MR) is 109 cm³/mol. The highest BCUT2D eigenvalue weighted by molar-refractivity contribution is 5.13. The fraction of sp³-hybridized carbons (Fsp3) is 0.667. The first-order valence-electron chi connectivity index (χ1n) is 11.1. The van der Waals surface area contributed by atoms with Gasteiger partial charge in [0.05, 0.1) is 31.7 Å². The maximum absolute atomic E-state index is 6.28. The molecule has 1 saturated carbocycles. The molecule has 1 spiro atoms. The SMILES string of the molecule is C(/CC[C@H]1COC2(CCCCC2)O1)=C1\CCC[C@@H](COCc2ccccc2)O1. The van der Waals surface area contributed by atoms with E-state index in [9.17, 15) is 0 Å². The van der Waals surface area contributed by atoms with Gasteiger partial charge in [0.2, 0.25) is 0 Å². The summed E-state index contributed by atoms with van der Waals surface area (Å²) in [5.41, 5.74) is 1.21. The van der Waals surface area contributed by atoms with Gasteiger partial charge in [0.15, 0.2) is 5.79 Å². The highest BCUT2D eigenvalue weighted by Gasteiger charge is 2.41. The fourth-order valence-electron chi connectivity index (χ4n) is 4.53. The normalized spacial score (nSPS) is 28.5. The summed E-state index contributed by atoms with van der Waals surface area (Å²) < 4.78 is 24.4. The van der Waals surface area contributed by atoms with Crippen LogP contribution in [0.5, 0.6) is 0 Å². The molecule has 4 rings (SSSR count). The van der Waals surface area contributed by atoms with Gasteiger partial charge in [-0.2, -0.15) is 0 Å². The Labute approximate surface area is 169 Å². The summed E-state index contributed by atoms with van der Waals surface area (Å²) in [6.07, 6.45) is 13.9.